The fourth-order valence-electron chi connectivity index (χ4n) is 4.77. The smallest absolute Gasteiger partial charge is 0.296 e. The van der Waals surface area contributed by atoms with Gasteiger partial charge in [-0.2, -0.15) is 0 Å². The quantitative estimate of drug-likeness (QED) is 0.290. The third-order valence-corrected chi connectivity index (χ3v) is 6.63. The fraction of sp³-hybridized carbons (Fsp3) is 0.167. The Kier molecular flexibility index (Phi) is 5.60. The molecule has 0 fully saturated rings. The van der Waals surface area contributed by atoms with Crippen LogP contribution in [-0.4, -0.2) is 11.1 Å². The number of hydrogen-bond donors (Lipinski definition) is 0. The van der Waals surface area contributed by atoms with E-state index in [1.54, 1.807) is 19.1 Å². The summed E-state index contributed by atoms with van der Waals surface area (Å²) in [5, 5.41) is 4.54. The Labute approximate surface area is 212 Å². The largest absolute Gasteiger partial charge is 0.489 e. The summed E-state index contributed by atoms with van der Waals surface area (Å²) in [6.45, 7) is 4.17. The molecule has 0 saturated carbocycles. The molecule has 5 aromatic rings. The minimum Gasteiger partial charge on any atom is -0.489 e. The highest BCUT2D eigenvalue weighted by atomic mass is 16.5. The average molecular weight is 493 g/mol. The first-order valence-electron chi connectivity index (χ1n) is 12.2. The summed E-state index contributed by atoms with van der Waals surface area (Å²) in [6.07, 6.45) is 0.778. The van der Waals surface area contributed by atoms with Gasteiger partial charge < -0.3 is 13.7 Å². The van der Waals surface area contributed by atoms with Crippen molar-refractivity contribution in [3.63, 3.8) is 0 Å². The second-order valence-corrected chi connectivity index (χ2v) is 9.08. The lowest BCUT2D eigenvalue weighted by molar-refractivity contribution is 0.0969. The summed E-state index contributed by atoms with van der Waals surface area (Å²) in [5.74, 6) is 1.06. The molecule has 1 aliphatic rings. The average Bonchev–Trinajstić information content (AvgIpc) is 3.48. The predicted molar refractivity (Wildman–Crippen MR) is 139 cm³/mol. The minimum absolute atomic E-state index is 0.0167. The molecule has 7 nitrogen and oxygen atoms in total. The summed E-state index contributed by atoms with van der Waals surface area (Å²) in [5.41, 5.74) is 3.19. The van der Waals surface area contributed by atoms with E-state index in [1.807, 2.05) is 73.7 Å². The van der Waals surface area contributed by atoms with Crippen molar-refractivity contribution in [2.75, 3.05) is 4.90 Å². The molecule has 0 bridgehead atoms. The fourth-order valence-corrected chi connectivity index (χ4v) is 4.77. The van der Waals surface area contributed by atoms with Crippen LogP contribution in [0.1, 0.15) is 51.5 Å². The van der Waals surface area contributed by atoms with Crippen LogP contribution in [0.4, 0.5) is 5.82 Å². The molecule has 6 rings (SSSR count). The molecule has 7 heteroatoms. The second kappa shape index (κ2) is 9.09. The SMILES string of the molecule is CCc1ccc2oc3c(c(=O)c2c1)[C@H](c1cccc(OCc2ccccc2)c1)N(c1cc(C)on1)C3=O. The van der Waals surface area contributed by atoms with Gasteiger partial charge in [0.15, 0.2) is 11.2 Å². The molecular formula is C30H24N2O5. The van der Waals surface area contributed by atoms with Crippen LogP contribution >= 0.6 is 0 Å². The number of hydrogen-bond acceptors (Lipinski definition) is 6. The topological polar surface area (TPSA) is 85.8 Å². The van der Waals surface area contributed by atoms with Crippen molar-refractivity contribution in [3.05, 3.63) is 123 Å². The van der Waals surface area contributed by atoms with Gasteiger partial charge in [-0.3, -0.25) is 14.5 Å². The van der Waals surface area contributed by atoms with Crippen LogP contribution in [-0.2, 0) is 13.0 Å². The first-order valence-corrected chi connectivity index (χ1v) is 12.2. The number of carbonyl (C=O) groups excluding carboxylic acids is 1. The number of carbonyl (C=O) groups is 1. The second-order valence-electron chi connectivity index (χ2n) is 9.08. The minimum atomic E-state index is -0.752. The molecule has 0 saturated heterocycles. The molecule has 0 spiro atoms. The van der Waals surface area contributed by atoms with E-state index in [-0.39, 0.29) is 16.8 Å². The Bertz CT molecular complexity index is 1690. The van der Waals surface area contributed by atoms with Crippen LogP contribution in [0.15, 0.2) is 92.6 Å². The van der Waals surface area contributed by atoms with Gasteiger partial charge in [-0.25, -0.2) is 0 Å². The highest BCUT2D eigenvalue weighted by Gasteiger charge is 2.45. The van der Waals surface area contributed by atoms with Crippen LogP contribution in [0.3, 0.4) is 0 Å². The number of ether oxygens (including phenoxy) is 1. The third-order valence-electron chi connectivity index (χ3n) is 6.63. The van der Waals surface area contributed by atoms with Crippen molar-refractivity contribution in [1.29, 1.82) is 0 Å². The van der Waals surface area contributed by atoms with E-state index in [0.29, 0.717) is 40.5 Å². The predicted octanol–water partition coefficient (Wildman–Crippen LogP) is 5.98. The van der Waals surface area contributed by atoms with Crippen LogP contribution in [0.2, 0.25) is 0 Å². The Morgan fingerprint density at radius 3 is 2.54 bits per heavy atom. The van der Waals surface area contributed by atoms with Gasteiger partial charge in [0.05, 0.1) is 17.0 Å². The Morgan fingerprint density at radius 1 is 0.946 bits per heavy atom. The van der Waals surface area contributed by atoms with Crippen molar-refractivity contribution in [2.45, 2.75) is 32.9 Å². The lowest BCUT2D eigenvalue weighted by Crippen LogP contribution is -2.29. The van der Waals surface area contributed by atoms with Gasteiger partial charge in [-0.05, 0) is 54.3 Å². The standard InChI is InChI=1S/C30H24N2O5/c1-3-19-12-13-24-23(15-19)28(33)26-27(32(30(34)29(26)36-24)25-14-18(2)37-31-25)21-10-7-11-22(16-21)35-17-20-8-5-4-6-9-20/h4-16,27H,3,17H2,1-2H3/t27-/m0/s1. The summed E-state index contributed by atoms with van der Waals surface area (Å²) >= 11 is 0. The molecule has 37 heavy (non-hydrogen) atoms. The van der Waals surface area contributed by atoms with E-state index < -0.39 is 11.9 Å². The maximum Gasteiger partial charge on any atom is 0.296 e. The Morgan fingerprint density at radius 2 is 1.78 bits per heavy atom. The highest BCUT2D eigenvalue weighted by molar-refractivity contribution is 6.10. The molecule has 1 atom stereocenters. The maximum atomic E-state index is 13.9. The van der Waals surface area contributed by atoms with Crippen molar-refractivity contribution in [3.8, 4) is 5.75 Å². The lowest BCUT2D eigenvalue weighted by Gasteiger charge is -2.23. The summed E-state index contributed by atoms with van der Waals surface area (Å²) in [6, 6.07) is 23.7. The number of benzene rings is 3. The number of amides is 1. The number of fused-ring (bicyclic) bond motifs is 2. The van der Waals surface area contributed by atoms with Crippen LogP contribution in [0.25, 0.3) is 11.0 Å². The van der Waals surface area contributed by atoms with E-state index in [4.69, 9.17) is 13.7 Å². The summed E-state index contributed by atoms with van der Waals surface area (Å²) in [4.78, 5) is 29.0. The van der Waals surface area contributed by atoms with E-state index in [2.05, 4.69) is 5.16 Å². The van der Waals surface area contributed by atoms with Crippen LogP contribution < -0.4 is 15.1 Å². The number of aryl methyl sites for hydroxylation is 2. The van der Waals surface area contributed by atoms with E-state index in [9.17, 15) is 9.59 Å². The summed E-state index contributed by atoms with van der Waals surface area (Å²) in [7, 11) is 0. The molecule has 184 valence electrons. The van der Waals surface area contributed by atoms with Gasteiger partial charge in [-0.15, -0.1) is 0 Å². The first-order chi connectivity index (χ1) is 18.0. The lowest BCUT2D eigenvalue weighted by atomic mass is 9.97. The monoisotopic (exact) mass is 492 g/mol. The van der Waals surface area contributed by atoms with Gasteiger partial charge in [0.2, 0.25) is 5.76 Å². The first kappa shape index (κ1) is 22.8. The molecule has 0 aliphatic carbocycles. The van der Waals surface area contributed by atoms with E-state index >= 15 is 0 Å². The number of rotatable bonds is 6. The molecule has 2 aromatic heterocycles. The van der Waals surface area contributed by atoms with Gasteiger partial charge >= 0.3 is 0 Å². The zero-order valence-corrected chi connectivity index (χ0v) is 20.4. The normalized spacial score (nSPS) is 14.8. The number of aromatic nitrogens is 1. The molecule has 0 radical (unpaired) electrons. The van der Waals surface area contributed by atoms with Crippen molar-refractivity contribution in [2.24, 2.45) is 0 Å². The van der Waals surface area contributed by atoms with Crippen molar-refractivity contribution < 1.29 is 18.5 Å². The highest BCUT2D eigenvalue weighted by Crippen LogP contribution is 2.41. The molecular weight excluding hydrogens is 468 g/mol. The summed E-state index contributed by atoms with van der Waals surface area (Å²) < 4.78 is 17.4. The molecule has 3 heterocycles. The van der Waals surface area contributed by atoms with Crippen molar-refractivity contribution >= 4 is 22.7 Å². The maximum absolute atomic E-state index is 13.9. The van der Waals surface area contributed by atoms with Crippen molar-refractivity contribution in [1.82, 2.24) is 5.16 Å². The molecule has 1 aliphatic heterocycles. The van der Waals surface area contributed by atoms with Gasteiger partial charge in [0.1, 0.15) is 23.7 Å². The molecule has 1 amide bonds. The third kappa shape index (κ3) is 3.98. The number of anilines is 1. The Hall–Kier alpha value is -4.65. The van der Waals surface area contributed by atoms with Gasteiger partial charge in [0.25, 0.3) is 5.91 Å². The van der Waals surface area contributed by atoms with E-state index in [0.717, 1.165) is 17.5 Å². The zero-order valence-electron chi connectivity index (χ0n) is 20.4. The zero-order chi connectivity index (χ0) is 25.5. The van der Waals surface area contributed by atoms with E-state index in [1.165, 1.54) is 4.90 Å². The van der Waals surface area contributed by atoms with Crippen LogP contribution in [0.5, 0.6) is 5.75 Å². The van der Waals surface area contributed by atoms with Crippen LogP contribution in [0, 0.1) is 6.92 Å². The molecule has 3 aromatic carbocycles. The van der Waals surface area contributed by atoms with Gasteiger partial charge in [0, 0.05) is 6.07 Å². The molecule has 0 N–H and O–H groups in total. The number of nitrogens with zero attached hydrogens (tertiary/aromatic N) is 2. The Balaban J connectivity index is 1.49. The van der Waals surface area contributed by atoms with Gasteiger partial charge in [-0.1, -0.05) is 60.6 Å². The molecule has 0 unspecified atom stereocenters.